The van der Waals surface area contributed by atoms with Crippen molar-refractivity contribution >= 4 is 10.0 Å². The maximum Gasteiger partial charge on any atom is 0.242 e. The Morgan fingerprint density at radius 2 is 1.88 bits per heavy atom. The number of sulfonamides is 1. The monoisotopic (exact) mass is 371 g/mol. The zero-order valence-electron chi connectivity index (χ0n) is 14.1. The molecule has 0 bridgehead atoms. The van der Waals surface area contributed by atoms with Crippen molar-refractivity contribution in [2.24, 2.45) is 0 Å². The lowest BCUT2D eigenvalue weighted by Crippen LogP contribution is -2.28. The molecular formula is C15H21N3O6S. The van der Waals surface area contributed by atoms with Crippen LogP contribution in [0.4, 0.5) is 0 Å². The van der Waals surface area contributed by atoms with Crippen LogP contribution in [-0.2, 0) is 26.0 Å². The topological polar surface area (TPSA) is 113 Å². The average Bonchev–Trinajstić information content (AvgIpc) is 3.09. The Bertz CT molecular complexity index is 745. The molecule has 0 atom stereocenters. The molecule has 9 nitrogen and oxygen atoms in total. The van der Waals surface area contributed by atoms with Crippen LogP contribution in [0.15, 0.2) is 28.8 Å². The number of benzene rings is 1. The Kier molecular flexibility index (Phi) is 7.31. The first-order chi connectivity index (χ1) is 12.0. The molecule has 0 aliphatic carbocycles. The molecule has 0 unspecified atom stereocenters. The minimum absolute atomic E-state index is 0.0798. The van der Waals surface area contributed by atoms with E-state index in [1.807, 2.05) is 0 Å². The highest BCUT2D eigenvalue weighted by atomic mass is 32.2. The molecule has 0 saturated heterocycles. The third kappa shape index (κ3) is 6.42. The van der Waals surface area contributed by atoms with Crippen LogP contribution in [0.25, 0.3) is 11.4 Å². The van der Waals surface area contributed by atoms with Gasteiger partial charge in [-0.2, -0.15) is 4.98 Å². The van der Waals surface area contributed by atoms with Crippen LogP contribution in [0.5, 0.6) is 5.75 Å². The number of hydrogen-bond acceptors (Lipinski definition) is 8. The number of hydrogen-bond donors (Lipinski definition) is 1. The second-order valence-corrected chi connectivity index (χ2v) is 6.91. The first-order valence-electron chi connectivity index (χ1n) is 7.55. The summed E-state index contributed by atoms with van der Waals surface area (Å²) in [7, 11) is -0.364. The predicted molar refractivity (Wildman–Crippen MR) is 89.6 cm³/mol. The van der Waals surface area contributed by atoms with Crippen LogP contribution in [-0.4, -0.2) is 58.4 Å². The maximum atomic E-state index is 11.9. The summed E-state index contributed by atoms with van der Waals surface area (Å²) in [5, 5.41) is 3.84. The molecule has 0 saturated carbocycles. The normalized spacial score (nSPS) is 11.6. The Morgan fingerprint density at radius 1 is 1.12 bits per heavy atom. The average molecular weight is 371 g/mol. The number of methoxy groups -OCH3 is 2. The van der Waals surface area contributed by atoms with E-state index < -0.39 is 10.0 Å². The van der Waals surface area contributed by atoms with Crippen molar-refractivity contribution in [2.45, 2.75) is 6.54 Å². The van der Waals surface area contributed by atoms with E-state index in [4.69, 9.17) is 18.7 Å². The molecule has 1 aromatic heterocycles. The molecule has 1 aromatic carbocycles. The fourth-order valence-electron chi connectivity index (χ4n) is 1.84. The summed E-state index contributed by atoms with van der Waals surface area (Å²) in [4.78, 5) is 4.17. The molecule has 10 heteroatoms. The van der Waals surface area contributed by atoms with Gasteiger partial charge in [0.25, 0.3) is 0 Å². The van der Waals surface area contributed by atoms with Gasteiger partial charge in [0.1, 0.15) is 5.75 Å². The molecule has 1 N–H and O–H groups in total. The van der Waals surface area contributed by atoms with Crippen molar-refractivity contribution in [1.82, 2.24) is 14.9 Å². The van der Waals surface area contributed by atoms with Gasteiger partial charge in [0.05, 0.1) is 39.2 Å². The zero-order chi connectivity index (χ0) is 18.1. The lowest BCUT2D eigenvalue weighted by Gasteiger charge is -2.05. The number of nitrogens with one attached hydrogen (secondary N) is 1. The van der Waals surface area contributed by atoms with Gasteiger partial charge in [-0.3, -0.25) is 0 Å². The SMILES string of the molecule is COCCOCCS(=O)(=O)NCc1nc(-c2ccc(OC)cc2)no1. The standard InChI is InChI=1S/C15H21N3O6S/c1-21-7-8-23-9-10-25(19,20)16-11-14-17-15(18-24-14)12-3-5-13(22-2)6-4-12/h3-6,16H,7-11H2,1-2H3. The summed E-state index contributed by atoms with van der Waals surface area (Å²) in [5.41, 5.74) is 0.741. The van der Waals surface area contributed by atoms with Crippen LogP contribution in [0.2, 0.25) is 0 Å². The Labute approximate surface area is 146 Å². The van der Waals surface area contributed by atoms with E-state index in [0.717, 1.165) is 5.56 Å². The van der Waals surface area contributed by atoms with E-state index >= 15 is 0 Å². The quantitative estimate of drug-likeness (QED) is 0.578. The van der Waals surface area contributed by atoms with Gasteiger partial charge >= 0.3 is 0 Å². The van der Waals surface area contributed by atoms with Crippen molar-refractivity contribution < 1.29 is 27.2 Å². The van der Waals surface area contributed by atoms with Crippen LogP contribution < -0.4 is 9.46 Å². The Morgan fingerprint density at radius 3 is 2.56 bits per heavy atom. The molecule has 138 valence electrons. The van der Waals surface area contributed by atoms with Crippen LogP contribution in [0.1, 0.15) is 5.89 Å². The number of nitrogens with zero attached hydrogens (tertiary/aromatic N) is 2. The molecular weight excluding hydrogens is 350 g/mol. The molecule has 2 aromatic rings. The molecule has 0 fully saturated rings. The number of rotatable bonds is 11. The van der Waals surface area contributed by atoms with Gasteiger partial charge in [0.15, 0.2) is 0 Å². The molecule has 0 aliphatic heterocycles. The largest absolute Gasteiger partial charge is 0.497 e. The molecule has 0 spiro atoms. The molecule has 25 heavy (non-hydrogen) atoms. The first-order valence-corrected chi connectivity index (χ1v) is 9.20. The van der Waals surface area contributed by atoms with E-state index in [0.29, 0.717) is 24.8 Å². The van der Waals surface area contributed by atoms with E-state index in [-0.39, 0.29) is 24.8 Å². The Hall–Kier alpha value is -2.01. The second-order valence-electron chi connectivity index (χ2n) is 4.99. The molecule has 0 amide bonds. The minimum Gasteiger partial charge on any atom is -0.497 e. The van der Waals surface area contributed by atoms with Crippen molar-refractivity contribution in [2.75, 3.05) is 39.8 Å². The van der Waals surface area contributed by atoms with E-state index in [1.165, 1.54) is 0 Å². The third-order valence-electron chi connectivity index (χ3n) is 3.19. The van der Waals surface area contributed by atoms with Crippen LogP contribution in [0.3, 0.4) is 0 Å². The highest BCUT2D eigenvalue weighted by molar-refractivity contribution is 7.89. The van der Waals surface area contributed by atoms with Gasteiger partial charge < -0.3 is 18.7 Å². The third-order valence-corrected chi connectivity index (χ3v) is 4.48. The van der Waals surface area contributed by atoms with Crippen molar-refractivity contribution in [3.05, 3.63) is 30.2 Å². The molecule has 0 aliphatic rings. The summed E-state index contributed by atoms with van der Waals surface area (Å²) in [6.45, 7) is 0.772. The number of aromatic nitrogens is 2. The maximum absolute atomic E-state index is 11.9. The fourth-order valence-corrected chi connectivity index (χ4v) is 2.67. The predicted octanol–water partition coefficient (Wildman–Crippen LogP) is 0.828. The van der Waals surface area contributed by atoms with Gasteiger partial charge in [0, 0.05) is 12.7 Å². The van der Waals surface area contributed by atoms with Crippen molar-refractivity contribution in [3.63, 3.8) is 0 Å². The lowest BCUT2D eigenvalue weighted by atomic mass is 10.2. The lowest BCUT2D eigenvalue weighted by molar-refractivity contribution is 0.0784. The van der Waals surface area contributed by atoms with Crippen molar-refractivity contribution in [1.29, 1.82) is 0 Å². The summed E-state index contributed by atoms with van der Waals surface area (Å²) >= 11 is 0. The summed E-state index contributed by atoms with van der Waals surface area (Å²) in [6.07, 6.45) is 0. The first kappa shape index (κ1) is 19.3. The van der Waals surface area contributed by atoms with Gasteiger partial charge in [-0.1, -0.05) is 5.16 Å². The molecule has 1 heterocycles. The van der Waals surface area contributed by atoms with Gasteiger partial charge in [0.2, 0.25) is 21.7 Å². The van der Waals surface area contributed by atoms with Gasteiger partial charge in [-0.15, -0.1) is 0 Å². The number of ether oxygens (including phenoxy) is 3. The van der Waals surface area contributed by atoms with Crippen LogP contribution in [0, 0.1) is 0 Å². The summed E-state index contributed by atoms with van der Waals surface area (Å²) in [6, 6.07) is 7.12. The zero-order valence-corrected chi connectivity index (χ0v) is 14.9. The van der Waals surface area contributed by atoms with Crippen molar-refractivity contribution in [3.8, 4) is 17.1 Å². The smallest absolute Gasteiger partial charge is 0.242 e. The highest BCUT2D eigenvalue weighted by Gasteiger charge is 2.14. The van der Waals surface area contributed by atoms with Crippen LogP contribution >= 0.6 is 0 Å². The minimum atomic E-state index is -3.49. The van der Waals surface area contributed by atoms with E-state index in [1.54, 1.807) is 38.5 Å². The highest BCUT2D eigenvalue weighted by Crippen LogP contribution is 2.19. The van der Waals surface area contributed by atoms with Gasteiger partial charge in [-0.05, 0) is 24.3 Å². The van der Waals surface area contributed by atoms with E-state index in [9.17, 15) is 8.42 Å². The van der Waals surface area contributed by atoms with E-state index in [2.05, 4.69) is 14.9 Å². The van der Waals surface area contributed by atoms with Gasteiger partial charge in [-0.25, -0.2) is 13.1 Å². The second kappa shape index (κ2) is 9.47. The summed E-state index contributed by atoms with van der Waals surface area (Å²) in [5.74, 6) is 1.11. The molecule has 0 radical (unpaired) electrons. The fraction of sp³-hybridized carbons (Fsp3) is 0.467. The summed E-state index contributed by atoms with van der Waals surface area (Å²) < 4.78 is 46.2. The molecule has 2 rings (SSSR count). The Balaban J connectivity index is 1.83.